The van der Waals surface area contributed by atoms with Crippen molar-refractivity contribution in [1.82, 2.24) is 0 Å². The lowest BCUT2D eigenvalue weighted by Crippen LogP contribution is -2.27. The van der Waals surface area contributed by atoms with Crippen molar-refractivity contribution < 1.29 is 28.6 Å². The lowest BCUT2D eigenvalue weighted by atomic mass is 10.0. The molecule has 0 aliphatic heterocycles. The maximum absolute atomic E-state index is 13.7. The van der Waals surface area contributed by atoms with Crippen molar-refractivity contribution in [2.75, 3.05) is 17.7 Å². The molecule has 4 aromatic carbocycles. The van der Waals surface area contributed by atoms with E-state index in [4.69, 9.17) is 20.6 Å². The quantitative estimate of drug-likeness (QED) is 0.0851. The third-order valence-electron chi connectivity index (χ3n) is 6.13. The molecule has 0 saturated carbocycles. The first-order valence-corrected chi connectivity index (χ1v) is 12.9. The number of nitrogen functional groups attached to an aromatic ring is 1. The van der Waals surface area contributed by atoms with E-state index in [1.54, 1.807) is 54.6 Å². The van der Waals surface area contributed by atoms with Gasteiger partial charge >= 0.3 is 11.9 Å². The Labute approximate surface area is 242 Å². The van der Waals surface area contributed by atoms with Crippen LogP contribution in [0.2, 0.25) is 0 Å². The van der Waals surface area contributed by atoms with Gasteiger partial charge in [0.05, 0.1) is 12.7 Å². The molecule has 0 fully saturated rings. The molecule has 42 heavy (non-hydrogen) atoms. The molecule has 0 bridgehead atoms. The van der Waals surface area contributed by atoms with Gasteiger partial charge in [-0.15, -0.1) is 0 Å². The third kappa shape index (κ3) is 7.72. The summed E-state index contributed by atoms with van der Waals surface area (Å²) in [6, 6.07) is 26.8. The molecule has 214 valence electrons. The van der Waals surface area contributed by atoms with Crippen LogP contribution < -0.4 is 25.8 Å². The number of anilines is 2. The fourth-order valence-electron chi connectivity index (χ4n) is 4.06. The number of methoxy groups -OCH3 is 1. The van der Waals surface area contributed by atoms with Crippen LogP contribution in [0.1, 0.15) is 40.0 Å². The number of benzene rings is 4. The van der Waals surface area contributed by atoms with Crippen molar-refractivity contribution in [3.8, 4) is 11.5 Å². The highest BCUT2D eigenvalue weighted by Gasteiger charge is 2.23. The van der Waals surface area contributed by atoms with E-state index < -0.39 is 23.9 Å². The van der Waals surface area contributed by atoms with Crippen LogP contribution in [0.25, 0.3) is 0 Å². The number of amides is 1. The van der Waals surface area contributed by atoms with E-state index in [0.717, 1.165) is 12.5 Å². The van der Waals surface area contributed by atoms with Crippen molar-refractivity contribution in [2.24, 2.45) is 5.73 Å². The maximum Gasteiger partial charge on any atom is 0.345 e. The molecule has 5 N–H and O–H groups in total. The van der Waals surface area contributed by atoms with Gasteiger partial charge in [0, 0.05) is 23.9 Å². The Balaban J connectivity index is 1.62. The Morgan fingerprint density at radius 3 is 2.24 bits per heavy atom. The van der Waals surface area contributed by atoms with Gasteiger partial charge < -0.3 is 30.6 Å². The molecular weight excluding hydrogens is 536 g/mol. The molecule has 0 aliphatic rings. The van der Waals surface area contributed by atoms with Crippen LogP contribution >= 0.6 is 0 Å². The minimum Gasteiger partial charge on any atom is -0.493 e. The van der Waals surface area contributed by atoms with Gasteiger partial charge in [0.15, 0.2) is 11.5 Å². The summed E-state index contributed by atoms with van der Waals surface area (Å²) >= 11 is 0. The van der Waals surface area contributed by atoms with Gasteiger partial charge in [-0.1, -0.05) is 42.5 Å². The van der Waals surface area contributed by atoms with E-state index in [1.165, 1.54) is 19.2 Å². The predicted octanol–water partition coefficient (Wildman–Crippen LogP) is 5.05. The monoisotopic (exact) mass is 566 g/mol. The summed E-state index contributed by atoms with van der Waals surface area (Å²) in [5.74, 6) is -1.14. The fraction of sp³-hybridized carbons (Fsp3) is 0.125. The molecule has 1 atom stereocenters. The summed E-state index contributed by atoms with van der Waals surface area (Å²) in [7, 11) is 1.52. The topological polar surface area (TPSA) is 153 Å². The summed E-state index contributed by atoms with van der Waals surface area (Å²) in [4.78, 5) is 37.1. The number of amidine groups is 1. The molecule has 0 aliphatic carbocycles. The molecule has 4 rings (SSSR count). The zero-order valence-electron chi connectivity index (χ0n) is 23.0. The van der Waals surface area contributed by atoms with Gasteiger partial charge in [-0.2, -0.15) is 0 Å². The van der Waals surface area contributed by atoms with Crippen molar-refractivity contribution >= 4 is 35.1 Å². The number of esters is 2. The van der Waals surface area contributed by atoms with E-state index in [-0.39, 0.29) is 11.4 Å². The SMILES string of the molecule is COc1cc(C(Nc2ccc(C(=N)N)cc2)C(=O)Nc2cccc(C(=O)OC(C)=O)c2)ccc1OCc1ccccc1. The first-order chi connectivity index (χ1) is 20.2. The van der Waals surface area contributed by atoms with E-state index in [1.807, 2.05) is 30.3 Å². The maximum atomic E-state index is 13.7. The minimum absolute atomic E-state index is 0.0742. The fourth-order valence-corrected chi connectivity index (χ4v) is 4.06. The number of rotatable bonds is 11. The van der Waals surface area contributed by atoms with Crippen molar-refractivity contribution in [2.45, 2.75) is 19.6 Å². The number of ether oxygens (including phenoxy) is 3. The number of nitrogens with one attached hydrogen (secondary N) is 3. The second kappa shape index (κ2) is 13.6. The van der Waals surface area contributed by atoms with Crippen molar-refractivity contribution in [3.63, 3.8) is 0 Å². The van der Waals surface area contributed by atoms with Crippen molar-refractivity contribution in [3.05, 3.63) is 119 Å². The summed E-state index contributed by atoms with van der Waals surface area (Å²) in [6.07, 6.45) is 0. The highest BCUT2D eigenvalue weighted by atomic mass is 16.6. The molecular formula is C32H30N4O6. The average molecular weight is 567 g/mol. The van der Waals surface area contributed by atoms with Gasteiger partial charge in [0.1, 0.15) is 18.5 Å². The molecule has 10 heteroatoms. The lowest BCUT2D eigenvalue weighted by Gasteiger charge is -2.22. The Morgan fingerprint density at radius 2 is 1.57 bits per heavy atom. The third-order valence-corrected chi connectivity index (χ3v) is 6.13. The molecule has 4 aromatic rings. The van der Waals surface area contributed by atoms with Gasteiger partial charge in [-0.05, 0) is 65.7 Å². The second-order valence-electron chi connectivity index (χ2n) is 9.20. The van der Waals surface area contributed by atoms with Crippen LogP contribution in [-0.4, -0.2) is 30.8 Å². The molecule has 0 spiro atoms. The number of carbonyl (C=O) groups is 3. The van der Waals surface area contributed by atoms with Crippen molar-refractivity contribution in [1.29, 1.82) is 5.41 Å². The molecule has 0 heterocycles. The average Bonchev–Trinajstić information content (AvgIpc) is 2.99. The summed E-state index contributed by atoms with van der Waals surface area (Å²) in [6.45, 7) is 1.47. The van der Waals surface area contributed by atoms with Gasteiger partial charge in [0.25, 0.3) is 5.91 Å². The Bertz CT molecular complexity index is 1590. The molecule has 1 unspecified atom stereocenters. The smallest absolute Gasteiger partial charge is 0.345 e. The predicted molar refractivity (Wildman–Crippen MR) is 159 cm³/mol. The lowest BCUT2D eigenvalue weighted by molar-refractivity contribution is -0.135. The van der Waals surface area contributed by atoms with Crippen LogP contribution in [-0.2, 0) is 20.9 Å². The zero-order valence-corrected chi connectivity index (χ0v) is 23.0. The summed E-state index contributed by atoms with van der Waals surface area (Å²) in [5, 5.41) is 13.7. The number of nitrogens with two attached hydrogens (primary N) is 1. The second-order valence-corrected chi connectivity index (χ2v) is 9.20. The van der Waals surface area contributed by atoms with Crippen LogP contribution in [0.15, 0.2) is 97.1 Å². The zero-order chi connectivity index (χ0) is 30.1. The van der Waals surface area contributed by atoms with Gasteiger partial charge in [0.2, 0.25) is 0 Å². The Kier molecular flexibility index (Phi) is 9.52. The van der Waals surface area contributed by atoms with E-state index >= 15 is 0 Å². The van der Waals surface area contributed by atoms with Crippen LogP contribution in [0, 0.1) is 5.41 Å². The number of hydrogen-bond acceptors (Lipinski definition) is 8. The number of hydrogen-bond donors (Lipinski definition) is 4. The highest BCUT2D eigenvalue weighted by molar-refractivity contribution is 6.00. The standard InChI is InChI=1S/C32H30N4O6/c1-20(37)42-32(39)24-9-6-10-26(17-24)36-31(38)29(35-25-14-11-22(12-15-25)30(33)34)23-13-16-27(28(18-23)40-2)41-19-21-7-4-3-5-8-21/h3-18,29,35H,19H2,1-2H3,(H3,33,34)(H,36,38). The van der Waals surface area contributed by atoms with Crippen LogP contribution in [0.4, 0.5) is 11.4 Å². The molecule has 10 nitrogen and oxygen atoms in total. The normalized spacial score (nSPS) is 11.1. The Morgan fingerprint density at radius 1 is 0.833 bits per heavy atom. The number of carbonyl (C=O) groups excluding carboxylic acids is 3. The largest absolute Gasteiger partial charge is 0.493 e. The highest BCUT2D eigenvalue weighted by Crippen LogP contribution is 2.33. The van der Waals surface area contributed by atoms with Gasteiger partial charge in [-0.25, -0.2) is 4.79 Å². The molecule has 0 saturated heterocycles. The van der Waals surface area contributed by atoms with E-state index in [2.05, 4.69) is 15.4 Å². The van der Waals surface area contributed by atoms with E-state index in [9.17, 15) is 14.4 Å². The molecule has 0 radical (unpaired) electrons. The van der Waals surface area contributed by atoms with Crippen LogP contribution in [0.5, 0.6) is 11.5 Å². The Hall–Kier alpha value is -5.64. The molecule has 1 amide bonds. The molecule has 0 aromatic heterocycles. The van der Waals surface area contributed by atoms with Gasteiger partial charge in [-0.3, -0.25) is 15.0 Å². The first-order valence-electron chi connectivity index (χ1n) is 12.9. The summed E-state index contributed by atoms with van der Waals surface area (Å²) in [5.41, 5.74) is 8.71. The van der Waals surface area contributed by atoms with E-state index in [0.29, 0.717) is 40.6 Å². The summed E-state index contributed by atoms with van der Waals surface area (Å²) < 4.78 is 16.2. The first kappa shape index (κ1) is 29.3. The van der Waals surface area contributed by atoms with Crippen LogP contribution in [0.3, 0.4) is 0 Å². The minimum atomic E-state index is -0.918.